The van der Waals surface area contributed by atoms with Gasteiger partial charge in [0.2, 0.25) is 0 Å². The molecule has 13 heavy (non-hydrogen) atoms. The van der Waals surface area contributed by atoms with E-state index in [4.69, 9.17) is 10.5 Å². The van der Waals surface area contributed by atoms with Gasteiger partial charge in [-0.15, -0.1) is 0 Å². The van der Waals surface area contributed by atoms with Gasteiger partial charge in [0.25, 0.3) is 0 Å². The first-order valence-corrected chi connectivity index (χ1v) is 4.63. The molecule has 0 spiro atoms. The third-order valence-corrected chi connectivity index (χ3v) is 2.62. The Morgan fingerprint density at radius 3 is 3.15 bits per heavy atom. The van der Waals surface area contributed by atoms with Crippen LogP contribution in [0.4, 0.5) is 0 Å². The molecule has 1 fully saturated rings. The number of nitrogens with two attached hydrogens (primary N) is 1. The van der Waals surface area contributed by atoms with Crippen LogP contribution in [0.2, 0.25) is 0 Å². The number of ether oxygens (including phenoxy) is 1. The van der Waals surface area contributed by atoms with E-state index in [-0.39, 0.29) is 0 Å². The van der Waals surface area contributed by atoms with E-state index in [1.807, 2.05) is 10.9 Å². The summed E-state index contributed by atoms with van der Waals surface area (Å²) < 4.78 is 7.35. The molecule has 1 aliphatic heterocycles. The first-order valence-electron chi connectivity index (χ1n) is 4.63. The Kier molecular flexibility index (Phi) is 2.33. The number of hydrogen-bond acceptors (Lipinski definition) is 3. The van der Waals surface area contributed by atoms with Crippen LogP contribution in [0.25, 0.3) is 0 Å². The van der Waals surface area contributed by atoms with E-state index in [1.165, 1.54) is 5.69 Å². The van der Waals surface area contributed by atoms with E-state index >= 15 is 0 Å². The molecule has 2 N–H and O–H groups in total. The molecule has 1 unspecified atom stereocenters. The van der Waals surface area contributed by atoms with Gasteiger partial charge in [0.05, 0.1) is 18.8 Å². The minimum absolute atomic E-state index is 0.417. The van der Waals surface area contributed by atoms with E-state index in [1.54, 1.807) is 0 Å². The lowest BCUT2D eigenvalue weighted by Gasteiger charge is -2.10. The summed E-state index contributed by atoms with van der Waals surface area (Å²) >= 11 is 0. The molecular formula is C9H15N3O. The van der Waals surface area contributed by atoms with E-state index in [0.29, 0.717) is 12.6 Å². The fraction of sp³-hybridized carbons (Fsp3) is 0.667. The van der Waals surface area contributed by atoms with Crippen molar-refractivity contribution in [2.24, 2.45) is 5.73 Å². The first-order chi connectivity index (χ1) is 6.33. The molecule has 2 rings (SSSR count). The monoisotopic (exact) mass is 181 g/mol. The van der Waals surface area contributed by atoms with Crippen LogP contribution < -0.4 is 5.73 Å². The van der Waals surface area contributed by atoms with Crippen molar-refractivity contribution >= 4 is 0 Å². The SMILES string of the molecule is Cc1c(CN)cnn1C1CCOC1. The molecule has 4 heteroatoms. The van der Waals surface area contributed by atoms with E-state index in [2.05, 4.69) is 12.0 Å². The maximum absolute atomic E-state index is 5.58. The van der Waals surface area contributed by atoms with Gasteiger partial charge < -0.3 is 10.5 Å². The van der Waals surface area contributed by atoms with Crippen LogP contribution in [0.3, 0.4) is 0 Å². The lowest BCUT2D eigenvalue weighted by molar-refractivity contribution is 0.184. The molecule has 0 aromatic carbocycles. The highest BCUT2D eigenvalue weighted by Crippen LogP contribution is 2.20. The molecular weight excluding hydrogens is 166 g/mol. The number of nitrogens with zero attached hydrogens (tertiary/aromatic N) is 2. The second kappa shape index (κ2) is 3.47. The Morgan fingerprint density at radius 2 is 2.62 bits per heavy atom. The Morgan fingerprint density at radius 1 is 1.77 bits per heavy atom. The zero-order chi connectivity index (χ0) is 9.26. The third kappa shape index (κ3) is 1.47. The molecule has 0 aliphatic carbocycles. The fourth-order valence-corrected chi connectivity index (χ4v) is 1.74. The number of aromatic nitrogens is 2. The van der Waals surface area contributed by atoms with Crippen LogP contribution in [0.1, 0.15) is 23.7 Å². The zero-order valence-corrected chi connectivity index (χ0v) is 7.86. The summed E-state index contributed by atoms with van der Waals surface area (Å²) in [6.45, 7) is 4.27. The topological polar surface area (TPSA) is 53.1 Å². The molecule has 0 amide bonds. The highest BCUT2D eigenvalue weighted by Gasteiger charge is 2.20. The van der Waals surface area contributed by atoms with Crippen molar-refractivity contribution in [3.8, 4) is 0 Å². The summed E-state index contributed by atoms with van der Waals surface area (Å²) in [5.41, 5.74) is 7.89. The van der Waals surface area contributed by atoms with Gasteiger partial charge >= 0.3 is 0 Å². The largest absolute Gasteiger partial charge is 0.379 e. The number of rotatable bonds is 2. The highest BCUT2D eigenvalue weighted by atomic mass is 16.5. The maximum Gasteiger partial charge on any atom is 0.0777 e. The Bertz CT molecular complexity index is 289. The lowest BCUT2D eigenvalue weighted by Crippen LogP contribution is -2.12. The van der Waals surface area contributed by atoms with Gasteiger partial charge in [-0.1, -0.05) is 0 Å². The molecule has 72 valence electrons. The highest BCUT2D eigenvalue weighted by molar-refractivity contribution is 5.16. The Hall–Kier alpha value is -0.870. The fourth-order valence-electron chi connectivity index (χ4n) is 1.74. The van der Waals surface area contributed by atoms with E-state index in [0.717, 1.165) is 25.2 Å². The minimum Gasteiger partial charge on any atom is -0.379 e. The van der Waals surface area contributed by atoms with Crippen LogP contribution in [0, 0.1) is 6.92 Å². The van der Waals surface area contributed by atoms with Crippen molar-refractivity contribution in [2.75, 3.05) is 13.2 Å². The maximum atomic E-state index is 5.58. The van der Waals surface area contributed by atoms with Crippen LogP contribution in [-0.2, 0) is 11.3 Å². The summed E-state index contributed by atoms with van der Waals surface area (Å²) in [5.74, 6) is 0. The second-order valence-corrected chi connectivity index (χ2v) is 3.42. The van der Waals surface area contributed by atoms with Crippen molar-refractivity contribution in [3.05, 3.63) is 17.5 Å². The quantitative estimate of drug-likeness (QED) is 0.727. The lowest BCUT2D eigenvalue weighted by atomic mass is 10.2. The van der Waals surface area contributed by atoms with Crippen LogP contribution in [0.5, 0.6) is 0 Å². The van der Waals surface area contributed by atoms with Gasteiger partial charge in [0, 0.05) is 24.4 Å². The van der Waals surface area contributed by atoms with Gasteiger partial charge in [-0.3, -0.25) is 4.68 Å². The van der Waals surface area contributed by atoms with Gasteiger partial charge in [0.15, 0.2) is 0 Å². The van der Waals surface area contributed by atoms with Crippen LogP contribution in [-0.4, -0.2) is 23.0 Å². The molecule has 4 nitrogen and oxygen atoms in total. The van der Waals surface area contributed by atoms with Crippen LogP contribution in [0.15, 0.2) is 6.20 Å². The summed E-state index contributed by atoms with van der Waals surface area (Å²) in [4.78, 5) is 0. The Balaban J connectivity index is 2.24. The molecule has 1 saturated heterocycles. The van der Waals surface area contributed by atoms with Crippen molar-refractivity contribution in [1.29, 1.82) is 0 Å². The molecule has 0 saturated carbocycles. The van der Waals surface area contributed by atoms with Gasteiger partial charge in [-0.25, -0.2) is 0 Å². The van der Waals surface area contributed by atoms with Gasteiger partial charge in [0.1, 0.15) is 0 Å². The standard InChI is InChI=1S/C9H15N3O/c1-7-8(4-10)5-11-12(7)9-2-3-13-6-9/h5,9H,2-4,6,10H2,1H3. The summed E-state index contributed by atoms with van der Waals surface area (Å²) in [5, 5.41) is 4.33. The van der Waals surface area contributed by atoms with E-state index in [9.17, 15) is 0 Å². The smallest absolute Gasteiger partial charge is 0.0777 e. The van der Waals surface area contributed by atoms with Crippen molar-refractivity contribution in [2.45, 2.75) is 25.9 Å². The van der Waals surface area contributed by atoms with Crippen molar-refractivity contribution < 1.29 is 4.74 Å². The summed E-state index contributed by atoms with van der Waals surface area (Å²) in [6.07, 6.45) is 2.92. The first kappa shape index (κ1) is 8.72. The third-order valence-electron chi connectivity index (χ3n) is 2.62. The molecule has 2 heterocycles. The minimum atomic E-state index is 0.417. The van der Waals surface area contributed by atoms with Crippen molar-refractivity contribution in [3.63, 3.8) is 0 Å². The normalized spacial score (nSPS) is 22.5. The molecule has 0 bridgehead atoms. The predicted molar refractivity (Wildman–Crippen MR) is 49.3 cm³/mol. The summed E-state index contributed by atoms with van der Waals surface area (Å²) in [6, 6.07) is 0.417. The van der Waals surface area contributed by atoms with Gasteiger partial charge in [-0.2, -0.15) is 5.10 Å². The molecule has 1 aromatic rings. The molecule has 1 atom stereocenters. The van der Waals surface area contributed by atoms with Crippen LogP contribution >= 0.6 is 0 Å². The Labute approximate surface area is 77.7 Å². The predicted octanol–water partition coefficient (Wildman–Crippen LogP) is 0.612. The molecule has 1 aliphatic rings. The van der Waals surface area contributed by atoms with Crippen molar-refractivity contribution in [1.82, 2.24) is 9.78 Å². The molecule has 0 radical (unpaired) electrons. The number of hydrogen-bond donors (Lipinski definition) is 1. The average molecular weight is 181 g/mol. The average Bonchev–Trinajstić information content (AvgIpc) is 2.72. The van der Waals surface area contributed by atoms with Gasteiger partial charge in [-0.05, 0) is 13.3 Å². The second-order valence-electron chi connectivity index (χ2n) is 3.42. The van der Waals surface area contributed by atoms with E-state index < -0.39 is 0 Å². The molecule has 1 aromatic heterocycles. The zero-order valence-electron chi connectivity index (χ0n) is 7.86. The summed E-state index contributed by atoms with van der Waals surface area (Å²) in [7, 11) is 0.